The Hall–Kier alpha value is -3.24. The number of piperidine rings is 1. The number of nitrogens with two attached hydrogens (primary N) is 1. The molecule has 1 aromatic heterocycles. The summed E-state index contributed by atoms with van der Waals surface area (Å²) in [4.78, 5) is 27.5. The average Bonchev–Trinajstić information content (AvgIpc) is 3.23. The van der Waals surface area contributed by atoms with E-state index in [1.54, 1.807) is 0 Å². The fourth-order valence-electron chi connectivity index (χ4n) is 4.33. The number of fused-ring (bicyclic) bond motifs is 1. The van der Waals surface area contributed by atoms with Gasteiger partial charge in [-0.3, -0.25) is 4.79 Å². The summed E-state index contributed by atoms with van der Waals surface area (Å²) in [6.07, 6.45) is -1.79. The molecule has 1 fully saturated rings. The predicted molar refractivity (Wildman–Crippen MR) is 140 cm³/mol. The molecule has 206 valence electrons. The number of H-pyrrole nitrogens is 1. The molecule has 2 aromatic carbocycles. The molecule has 4 rings (SSSR count). The molecule has 0 atom stereocenters. The highest BCUT2D eigenvalue weighted by atomic mass is 35.5. The van der Waals surface area contributed by atoms with Crippen molar-refractivity contribution in [2.45, 2.75) is 51.7 Å². The summed E-state index contributed by atoms with van der Waals surface area (Å²) in [6, 6.07) is 12.3. The maximum Gasteiger partial charge on any atom is 0.490 e. The predicted octanol–water partition coefficient (Wildman–Crippen LogP) is 5.65. The van der Waals surface area contributed by atoms with Gasteiger partial charge in [0, 0.05) is 35.1 Å². The first kappa shape index (κ1) is 29.3. The first-order valence-corrected chi connectivity index (χ1v) is 12.6. The second-order valence-corrected chi connectivity index (χ2v) is 9.66. The molecule has 0 bridgehead atoms. The van der Waals surface area contributed by atoms with Gasteiger partial charge in [-0.05, 0) is 74.4 Å². The van der Waals surface area contributed by atoms with E-state index in [0.717, 1.165) is 64.0 Å². The maximum atomic E-state index is 13.3. The molecule has 1 aliphatic heterocycles. The van der Waals surface area contributed by atoms with E-state index in [2.05, 4.69) is 11.1 Å². The summed E-state index contributed by atoms with van der Waals surface area (Å²) in [5.41, 5.74) is 10.8. The Morgan fingerprint density at radius 2 is 1.74 bits per heavy atom. The molecule has 7 nitrogen and oxygen atoms in total. The number of halogens is 4. The van der Waals surface area contributed by atoms with E-state index in [1.807, 2.05) is 49.1 Å². The number of carboxylic acids is 1. The zero-order chi connectivity index (χ0) is 28.0. The minimum atomic E-state index is -5.08. The summed E-state index contributed by atoms with van der Waals surface area (Å²) < 4.78 is 37.7. The van der Waals surface area contributed by atoms with Crippen LogP contribution in [0.15, 0.2) is 36.4 Å². The number of nitrogens with zero attached hydrogens (tertiary/aromatic N) is 1. The topological polar surface area (TPSA) is 109 Å². The largest absolute Gasteiger partial charge is 0.494 e. The summed E-state index contributed by atoms with van der Waals surface area (Å²) in [5.74, 6) is -1.85. The van der Waals surface area contributed by atoms with Crippen molar-refractivity contribution in [2.75, 3.05) is 19.7 Å². The van der Waals surface area contributed by atoms with Crippen molar-refractivity contribution >= 4 is 34.4 Å². The van der Waals surface area contributed by atoms with E-state index in [4.69, 9.17) is 32.0 Å². The van der Waals surface area contributed by atoms with Crippen LogP contribution in [0.2, 0.25) is 5.02 Å². The summed E-state index contributed by atoms with van der Waals surface area (Å²) in [6.45, 7) is 5.98. The highest BCUT2D eigenvalue weighted by Gasteiger charge is 2.38. The SMILES string of the molecule is Cc1cc(OCCCc2c(C(=O)N3CCC(N)CC3)[nH]c3ccccc23)cc(C)c1Cl.O=C(O)C(F)(F)F. The summed E-state index contributed by atoms with van der Waals surface area (Å²) in [5, 5.41) is 9.02. The third-order valence-electron chi connectivity index (χ3n) is 6.35. The minimum Gasteiger partial charge on any atom is -0.494 e. The van der Waals surface area contributed by atoms with Gasteiger partial charge in [-0.15, -0.1) is 0 Å². The van der Waals surface area contributed by atoms with Gasteiger partial charge in [0.25, 0.3) is 5.91 Å². The molecule has 0 unspecified atom stereocenters. The van der Waals surface area contributed by atoms with Gasteiger partial charge in [0.1, 0.15) is 11.4 Å². The number of carbonyl (C=O) groups is 2. The zero-order valence-corrected chi connectivity index (χ0v) is 22.0. The quantitative estimate of drug-likeness (QED) is 0.342. The molecule has 38 heavy (non-hydrogen) atoms. The number of amides is 1. The van der Waals surface area contributed by atoms with E-state index < -0.39 is 12.1 Å². The van der Waals surface area contributed by atoms with Crippen LogP contribution in [-0.2, 0) is 11.2 Å². The van der Waals surface area contributed by atoms with Gasteiger partial charge < -0.3 is 25.5 Å². The van der Waals surface area contributed by atoms with Crippen LogP contribution in [0.4, 0.5) is 13.2 Å². The number of aromatic nitrogens is 1. The van der Waals surface area contributed by atoms with Crippen molar-refractivity contribution in [1.29, 1.82) is 0 Å². The van der Waals surface area contributed by atoms with Crippen LogP contribution in [0.25, 0.3) is 10.9 Å². The lowest BCUT2D eigenvalue weighted by Crippen LogP contribution is -2.43. The molecule has 3 aromatic rings. The molecule has 11 heteroatoms. The van der Waals surface area contributed by atoms with E-state index in [0.29, 0.717) is 25.4 Å². The Bertz CT molecular complexity index is 1260. The molecule has 1 saturated heterocycles. The number of hydrogen-bond acceptors (Lipinski definition) is 4. The zero-order valence-electron chi connectivity index (χ0n) is 21.2. The number of alkyl halides is 3. The fraction of sp³-hybridized carbons (Fsp3) is 0.407. The highest BCUT2D eigenvalue weighted by Crippen LogP contribution is 2.28. The minimum absolute atomic E-state index is 0.0722. The molecule has 4 N–H and O–H groups in total. The first-order chi connectivity index (χ1) is 17.9. The number of benzene rings is 2. The van der Waals surface area contributed by atoms with Gasteiger partial charge in [-0.1, -0.05) is 29.8 Å². The molecule has 0 saturated carbocycles. The maximum absolute atomic E-state index is 13.3. The number of hydrogen-bond donors (Lipinski definition) is 3. The van der Waals surface area contributed by atoms with Crippen molar-refractivity contribution in [3.05, 3.63) is 63.8 Å². The van der Waals surface area contributed by atoms with Crippen molar-refractivity contribution in [2.24, 2.45) is 5.73 Å². The van der Waals surface area contributed by atoms with Crippen LogP contribution in [0, 0.1) is 13.8 Å². The second kappa shape index (κ2) is 12.5. The molecule has 1 amide bonds. The Morgan fingerprint density at radius 1 is 1.16 bits per heavy atom. The average molecular weight is 554 g/mol. The number of aliphatic carboxylic acids is 1. The number of rotatable bonds is 6. The van der Waals surface area contributed by atoms with E-state index in [1.165, 1.54) is 0 Å². The highest BCUT2D eigenvalue weighted by molar-refractivity contribution is 6.32. The fourth-order valence-corrected chi connectivity index (χ4v) is 4.44. The van der Waals surface area contributed by atoms with Crippen LogP contribution in [-0.4, -0.2) is 58.8 Å². The lowest BCUT2D eigenvalue weighted by Gasteiger charge is -2.30. The number of likely N-dealkylation sites (tertiary alicyclic amines) is 1. The van der Waals surface area contributed by atoms with Gasteiger partial charge in [0.15, 0.2) is 0 Å². The van der Waals surface area contributed by atoms with Crippen LogP contribution < -0.4 is 10.5 Å². The lowest BCUT2D eigenvalue weighted by atomic mass is 10.0. The van der Waals surface area contributed by atoms with E-state index >= 15 is 0 Å². The van der Waals surface area contributed by atoms with Crippen LogP contribution >= 0.6 is 11.6 Å². The molecule has 2 heterocycles. The number of aromatic amines is 1. The van der Waals surface area contributed by atoms with Crippen molar-refractivity contribution in [3.8, 4) is 5.75 Å². The van der Waals surface area contributed by atoms with Gasteiger partial charge in [0.2, 0.25) is 0 Å². The van der Waals surface area contributed by atoms with Gasteiger partial charge in [-0.25, -0.2) is 4.79 Å². The van der Waals surface area contributed by atoms with Crippen molar-refractivity contribution in [3.63, 3.8) is 0 Å². The molecule has 0 spiro atoms. The smallest absolute Gasteiger partial charge is 0.490 e. The third-order valence-corrected chi connectivity index (χ3v) is 6.94. The van der Waals surface area contributed by atoms with Crippen molar-refractivity contribution in [1.82, 2.24) is 9.88 Å². The van der Waals surface area contributed by atoms with Gasteiger partial charge >= 0.3 is 12.1 Å². The standard InChI is InChI=1S/C25H30ClN3O2.C2HF3O2/c1-16-14-19(15-17(2)23(16)26)31-13-5-7-21-20-6-3-4-8-22(20)28-24(21)25(30)29-11-9-18(27)10-12-29;3-2(4,5)1(6)7/h3-4,6,8,14-15,18,28H,5,7,9-13,27H2,1-2H3;(H,6,7). The Morgan fingerprint density at radius 3 is 2.32 bits per heavy atom. The summed E-state index contributed by atoms with van der Waals surface area (Å²) in [7, 11) is 0. The normalized spacial score (nSPS) is 14.2. The number of aryl methyl sites for hydroxylation is 3. The molecular formula is C27H31ClF3N3O4. The second-order valence-electron chi connectivity index (χ2n) is 9.28. The van der Waals surface area contributed by atoms with E-state index in [-0.39, 0.29) is 11.9 Å². The number of para-hydroxylation sites is 1. The summed E-state index contributed by atoms with van der Waals surface area (Å²) >= 11 is 6.25. The number of ether oxygens (including phenoxy) is 1. The third kappa shape index (κ3) is 7.41. The lowest BCUT2D eigenvalue weighted by molar-refractivity contribution is -0.192. The first-order valence-electron chi connectivity index (χ1n) is 12.2. The number of carbonyl (C=O) groups excluding carboxylic acids is 1. The van der Waals surface area contributed by atoms with E-state index in [9.17, 15) is 18.0 Å². The van der Waals surface area contributed by atoms with Gasteiger partial charge in [-0.2, -0.15) is 13.2 Å². The van der Waals surface area contributed by atoms with Crippen LogP contribution in [0.3, 0.4) is 0 Å². The van der Waals surface area contributed by atoms with Crippen molar-refractivity contribution < 1.29 is 32.6 Å². The monoisotopic (exact) mass is 553 g/mol. The molecule has 1 aliphatic rings. The Labute approximate surface area is 223 Å². The Kier molecular flexibility index (Phi) is 9.67. The number of carboxylic acid groups (broad SMARTS) is 1. The Balaban J connectivity index is 0.000000505. The molecular weight excluding hydrogens is 523 g/mol. The van der Waals surface area contributed by atoms with Gasteiger partial charge in [0.05, 0.1) is 6.61 Å². The molecule has 0 aliphatic carbocycles. The molecule has 0 radical (unpaired) electrons. The van der Waals surface area contributed by atoms with Crippen LogP contribution in [0.5, 0.6) is 5.75 Å². The number of nitrogens with one attached hydrogen (secondary N) is 1. The van der Waals surface area contributed by atoms with Crippen LogP contribution in [0.1, 0.15) is 46.4 Å².